The van der Waals surface area contributed by atoms with Crippen LogP contribution in [0.25, 0.3) is 54.6 Å². The molecule has 174 valence electrons. The Labute approximate surface area is 212 Å². The molecule has 37 heavy (non-hydrogen) atoms. The van der Waals surface area contributed by atoms with Gasteiger partial charge in [0.25, 0.3) is 0 Å². The predicted octanol–water partition coefficient (Wildman–Crippen LogP) is 10.1. The van der Waals surface area contributed by atoms with Gasteiger partial charge in [-0.05, 0) is 36.4 Å². The number of fused-ring (bicyclic) bond motifs is 8. The molecule has 0 fully saturated rings. The first kappa shape index (κ1) is 20.2. The zero-order valence-electron chi connectivity index (χ0n) is 19.9. The van der Waals surface area contributed by atoms with Crippen LogP contribution in [0.5, 0.6) is 0 Å². The van der Waals surface area contributed by atoms with Crippen LogP contribution in [0.1, 0.15) is 0 Å². The van der Waals surface area contributed by atoms with Gasteiger partial charge < -0.3 is 13.7 Å². The Morgan fingerprint density at radius 3 is 1.68 bits per heavy atom. The number of hydrogen-bond donors (Lipinski definition) is 0. The Bertz CT molecular complexity index is 2100. The van der Waals surface area contributed by atoms with Crippen LogP contribution in [0, 0.1) is 0 Å². The average Bonchev–Trinajstić information content (AvgIpc) is 3.53. The van der Waals surface area contributed by atoms with Gasteiger partial charge in [-0.25, -0.2) is 0 Å². The number of nitrogens with zero attached hydrogens (tertiary/aromatic N) is 1. The molecule has 6 aromatic carbocycles. The number of hydrogen-bond acceptors (Lipinski definition) is 3. The van der Waals surface area contributed by atoms with Crippen molar-refractivity contribution >= 4 is 71.7 Å². The summed E-state index contributed by atoms with van der Waals surface area (Å²) >= 11 is 0. The van der Waals surface area contributed by atoms with Gasteiger partial charge in [0.2, 0.25) is 0 Å². The largest absolute Gasteiger partial charge is 0.455 e. The lowest BCUT2D eigenvalue weighted by Crippen LogP contribution is -2.10. The van der Waals surface area contributed by atoms with E-state index in [-0.39, 0.29) is 0 Å². The van der Waals surface area contributed by atoms with Crippen molar-refractivity contribution in [2.45, 2.75) is 0 Å². The summed E-state index contributed by atoms with van der Waals surface area (Å²) in [5, 5.41) is 6.64. The Balaban J connectivity index is 1.52. The molecule has 0 amide bonds. The second kappa shape index (κ2) is 7.74. The van der Waals surface area contributed by atoms with Gasteiger partial charge in [0, 0.05) is 38.0 Å². The van der Waals surface area contributed by atoms with Crippen molar-refractivity contribution in [1.82, 2.24) is 0 Å². The normalized spacial score (nSPS) is 11.8. The number of benzene rings is 6. The van der Waals surface area contributed by atoms with E-state index in [2.05, 4.69) is 102 Å². The van der Waals surface area contributed by atoms with Gasteiger partial charge in [-0.2, -0.15) is 0 Å². The number of para-hydroxylation sites is 4. The molecule has 0 saturated carbocycles. The van der Waals surface area contributed by atoms with Gasteiger partial charge in [-0.15, -0.1) is 0 Å². The molecule has 0 unspecified atom stereocenters. The summed E-state index contributed by atoms with van der Waals surface area (Å²) in [4.78, 5) is 2.31. The Hall–Kier alpha value is -5.02. The maximum Gasteiger partial charge on any atom is 0.159 e. The summed E-state index contributed by atoms with van der Waals surface area (Å²) in [6.45, 7) is 0. The van der Waals surface area contributed by atoms with Crippen LogP contribution >= 0.6 is 0 Å². The standard InChI is InChI=1S/C34H21NO2/c1-2-11-22(12-3-1)35(29-18-10-17-27-24-14-6-8-19-31(24)37-34(27)29)30-21-28-25-15-7-9-20-32(25)36-33(28)26-16-5-4-13-23(26)30/h1-21H. The molecule has 8 rings (SSSR count). The first-order valence-corrected chi connectivity index (χ1v) is 12.5. The van der Waals surface area contributed by atoms with E-state index in [0.29, 0.717) is 0 Å². The summed E-state index contributed by atoms with van der Waals surface area (Å²) in [6.07, 6.45) is 0. The third-order valence-corrected chi connectivity index (χ3v) is 7.24. The van der Waals surface area contributed by atoms with Gasteiger partial charge in [-0.3, -0.25) is 0 Å². The number of furan rings is 2. The summed E-state index contributed by atoms with van der Waals surface area (Å²) in [5.74, 6) is 0. The van der Waals surface area contributed by atoms with Crippen LogP contribution in [-0.2, 0) is 0 Å². The van der Waals surface area contributed by atoms with E-state index in [9.17, 15) is 0 Å². The summed E-state index contributed by atoms with van der Waals surface area (Å²) in [5.41, 5.74) is 6.70. The Kier molecular flexibility index (Phi) is 4.23. The molecule has 0 aliphatic rings. The average molecular weight is 476 g/mol. The molecule has 0 saturated heterocycles. The number of anilines is 3. The van der Waals surface area contributed by atoms with E-state index in [1.165, 1.54) is 0 Å². The van der Waals surface area contributed by atoms with E-state index in [1.807, 2.05) is 30.3 Å². The summed E-state index contributed by atoms with van der Waals surface area (Å²) < 4.78 is 12.9. The maximum atomic E-state index is 6.50. The SMILES string of the molecule is c1ccc(N(c2cc3c4ccccc4oc3c3ccccc23)c2cccc3c2oc2ccccc23)cc1. The molecular weight excluding hydrogens is 454 g/mol. The zero-order chi connectivity index (χ0) is 24.3. The lowest BCUT2D eigenvalue weighted by Gasteiger charge is -2.27. The van der Waals surface area contributed by atoms with E-state index < -0.39 is 0 Å². The van der Waals surface area contributed by atoms with E-state index in [1.54, 1.807) is 0 Å². The monoisotopic (exact) mass is 475 g/mol. The van der Waals surface area contributed by atoms with Gasteiger partial charge in [0.05, 0.1) is 11.4 Å². The van der Waals surface area contributed by atoms with Crippen LogP contribution < -0.4 is 4.90 Å². The highest BCUT2D eigenvalue weighted by molar-refractivity contribution is 6.20. The van der Waals surface area contributed by atoms with Crippen molar-refractivity contribution in [3.8, 4) is 0 Å². The quantitative estimate of drug-likeness (QED) is 0.255. The minimum Gasteiger partial charge on any atom is -0.455 e. The Morgan fingerprint density at radius 1 is 0.378 bits per heavy atom. The lowest BCUT2D eigenvalue weighted by atomic mass is 10.0. The Morgan fingerprint density at radius 2 is 0.919 bits per heavy atom. The highest BCUT2D eigenvalue weighted by Gasteiger charge is 2.23. The minimum absolute atomic E-state index is 0.869. The zero-order valence-corrected chi connectivity index (χ0v) is 19.9. The molecular formula is C34H21NO2. The van der Waals surface area contributed by atoms with Gasteiger partial charge in [-0.1, -0.05) is 91.0 Å². The molecule has 0 spiro atoms. The molecule has 0 N–H and O–H groups in total. The topological polar surface area (TPSA) is 29.5 Å². The molecule has 0 aliphatic carbocycles. The second-order valence-corrected chi connectivity index (χ2v) is 9.34. The third kappa shape index (κ3) is 2.95. The van der Waals surface area contributed by atoms with Crippen LogP contribution in [0.15, 0.2) is 136 Å². The van der Waals surface area contributed by atoms with Crippen LogP contribution in [-0.4, -0.2) is 0 Å². The van der Waals surface area contributed by atoms with E-state index in [4.69, 9.17) is 8.83 Å². The summed E-state index contributed by atoms with van der Waals surface area (Å²) in [6, 6.07) is 44.1. The van der Waals surface area contributed by atoms with Gasteiger partial charge >= 0.3 is 0 Å². The molecule has 0 aliphatic heterocycles. The minimum atomic E-state index is 0.869. The predicted molar refractivity (Wildman–Crippen MR) is 153 cm³/mol. The fourth-order valence-corrected chi connectivity index (χ4v) is 5.61. The van der Waals surface area contributed by atoms with Crippen molar-refractivity contribution in [3.63, 3.8) is 0 Å². The van der Waals surface area contributed by atoms with Crippen molar-refractivity contribution in [2.24, 2.45) is 0 Å². The van der Waals surface area contributed by atoms with Crippen LogP contribution in [0.2, 0.25) is 0 Å². The number of rotatable bonds is 3. The molecule has 8 aromatic rings. The van der Waals surface area contributed by atoms with E-state index in [0.717, 1.165) is 71.7 Å². The van der Waals surface area contributed by atoms with Crippen molar-refractivity contribution in [2.75, 3.05) is 4.90 Å². The molecule has 0 atom stereocenters. The fraction of sp³-hybridized carbons (Fsp3) is 0. The summed E-state index contributed by atoms with van der Waals surface area (Å²) in [7, 11) is 0. The van der Waals surface area contributed by atoms with Crippen molar-refractivity contribution in [1.29, 1.82) is 0 Å². The van der Waals surface area contributed by atoms with Gasteiger partial charge in [0.15, 0.2) is 5.58 Å². The third-order valence-electron chi connectivity index (χ3n) is 7.24. The molecule has 0 radical (unpaired) electrons. The highest BCUT2D eigenvalue weighted by atomic mass is 16.3. The van der Waals surface area contributed by atoms with Crippen LogP contribution in [0.3, 0.4) is 0 Å². The second-order valence-electron chi connectivity index (χ2n) is 9.34. The first-order chi connectivity index (χ1) is 18.4. The fourth-order valence-electron chi connectivity index (χ4n) is 5.61. The van der Waals surface area contributed by atoms with Gasteiger partial charge in [0.1, 0.15) is 16.7 Å². The van der Waals surface area contributed by atoms with Crippen molar-refractivity contribution in [3.05, 3.63) is 127 Å². The molecule has 2 heterocycles. The molecule has 3 heteroatoms. The van der Waals surface area contributed by atoms with Crippen LogP contribution in [0.4, 0.5) is 17.1 Å². The van der Waals surface area contributed by atoms with E-state index >= 15 is 0 Å². The van der Waals surface area contributed by atoms with Crippen molar-refractivity contribution < 1.29 is 8.83 Å². The molecule has 3 nitrogen and oxygen atoms in total. The molecule has 2 aromatic heterocycles. The first-order valence-electron chi connectivity index (χ1n) is 12.5. The molecule has 0 bridgehead atoms. The smallest absolute Gasteiger partial charge is 0.159 e. The lowest BCUT2D eigenvalue weighted by molar-refractivity contribution is 0.669. The maximum absolute atomic E-state index is 6.50. The highest BCUT2D eigenvalue weighted by Crippen LogP contribution is 2.47.